The van der Waals surface area contributed by atoms with Crippen LogP contribution in [0.15, 0.2) is 58.6 Å². The highest BCUT2D eigenvalue weighted by molar-refractivity contribution is 9.10. The van der Waals surface area contributed by atoms with E-state index in [1.54, 1.807) is 42.5 Å². The molecule has 0 saturated carbocycles. The van der Waals surface area contributed by atoms with E-state index in [0.29, 0.717) is 48.9 Å². The molecule has 0 aromatic heterocycles. The normalized spacial score (nSPS) is 11.1. The van der Waals surface area contributed by atoms with Gasteiger partial charge in [-0.25, -0.2) is 0 Å². The van der Waals surface area contributed by atoms with Crippen molar-refractivity contribution in [2.75, 3.05) is 11.9 Å². The molecule has 0 fully saturated rings. The maximum absolute atomic E-state index is 12.7. The van der Waals surface area contributed by atoms with Crippen LogP contribution < -0.4 is 14.8 Å². The lowest BCUT2D eigenvalue weighted by molar-refractivity contribution is -0.112. The molecule has 0 heterocycles. The fourth-order valence-electron chi connectivity index (χ4n) is 3.01. The maximum atomic E-state index is 12.7. The first kappa shape index (κ1) is 26.9. The molecule has 3 rings (SSSR count). The van der Waals surface area contributed by atoms with E-state index in [9.17, 15) is 10.1 Å². The number of carbonyl (C=O) groups excluding carboxylic acids is 1. The Hall–Kier alpha value is -2.69. The van der Waals surface area contributed by atoms with Crippen molar-refractivity contribution in [1.82, 2.24) is 0 Å². The van der Waals surface area contributed by atoms with Gasteiger partial charge in [0.25, 0.3) is 5.91 Å². The first-order valence-electron chi connectivity index (χ1n) is 10.4. The summed E-state index contributed by atoms with van der Waals surface area (Å²) in [5, 5.41) is 13.7. The molecule has 9 heteroatoms. The number of halogens is 4. The standard InChI is InChI=1S/C26H20BrCl3N2O3/c1-3-34-24-10-17(9-18(13-31)26(33)32-19-6-4-15(2)22(29)11-19)20(27)12-25(24)35-14-16-5-7-21(28)23(30)8-16/h4-12H,3,14H2,1-2H3,(H,32,33)/b18-9-. The molecule has 0 bridgehead atoms. The minimum atomic E-state index is -0.558. The molecule has 0 saturated heterocycles. The third-order valence-corrected chi connectivity index (χ3v) is 6.67. The Labute approximate surface area is 227 Å². The summed E-state index contributed by atoms with van der Waals surface area (Å²) in [6.45, 7) is 4.35. The van der Waals surface area contributed by atoms with Crippen molar-refractivity contribution in [1.29, 1.82) is 5.26 Å². The molecule has 35 heavy (non-hydrogen) atoms. The quantitative estimate of drug-likeness (QED) is 0.211. The van der Waals surface area contributed by atoms with Crippen molar-refractivity contribution in [3.05, 3.63) is 90.3 Å². The number of aryl methyl sites for hydroxylation is 1. The molecule has 0 aliphatic rings. The molecule has 5 nitrogen and oxygen atoms in total. The van der Waals surface area contributed by atoms with Crippen LogP contribution in [0.2, 0.25) is 15.1 Å². The molecule has 0 aliphatic heterocycles. The first-order chi connectivity index (χ1) is 16.7. The van der Waals surface area contributed by atoms with Crippen molar-refractivity contribution in [3.8, 4) is 17.6 Å². The average molecular weight is 595 g/mol. The van der Waals surface area contributed by atoms with Crippen molar-refractivity contribution >= 4 is 68.4 Å². The Bertz CT molecular complexity index is 1340. The SMILES string of the molecule is CCOc1cc(/C=C(/C#N)C(=O)Nc2ccc(C)c(Cl)c2)c(Br)cc1OCc1ccc(Cl)c(Cl)c1. The zero-order valence-corrected chi connectivity index (χ0v) is 22.6. The summed E-state index contributed by atoms with van der Waals surface area (Å²) in [7, 11) is 0. The van der Waals surface area contributed by atoms with Crippen LogP contribution in [-0.4, -0.2) is 12.5 Å². The zero-order chi connectivity index (χ0) is 25.5. The fourth-order valence-corrected chi connectivity index (χ4v) is 3.94. The minimum Gasteiger partial charge on any atom is -0.490 e. The van der Waals surface area contributed by atoms with Gasteiger partial charge in [-0.3, -0.25) is 4.79 Å². The third-order valence-electron chi connectivity index (χ3n) is 4.84. The second-order valence-electron chi connectivity index (χ2n) is 7.38. The summed E-state index contributed by atoms with van der Waals surface area (Å²) in [5.74, 6) is 0.390. The van der Waals surface area contributed by atoms with E-state index in [2.05, 4.69) is 21.2 Å². The summed E-state index contributed by atoms with van der Waals surface area (Å²) in [4.78, 5) is 12.7. The molecule has 0 spiro atoms. The van der Waals surface area contributed by atoms with Crippen LogP contribution in [0.5, 0.6) is 11.5 Å². The number of hydrogen-bond acceptors (Lipinski definition) is 4. The van der Waals surface area contributed by atoms with E-state index >= 15 is 0 Å². The lowest BCUT2D eigenvalue weighted by atomic mass is 10.1. The van der Waals surface area contributed by atoms with Crippen molar-refractivity contribution in [2.24, 2.45) is 0 Å². The molecular weight excluding hydrogens is 575 g/mol. The smallest absolute Gasteiger partial charge is 0.266 e. The average Bonchev–Trinajstić information content (AvgIpc) is 2.82. The first-order valence-corrected chi connectivity index (χ1v) is 12.4. The van der Waals surface area contributed by atoms with Gasteiger partial charge in [0, 0.05) is 15.2 Å². The van der Waals surface area contributed by atoms with E-state index in [4.69, 9.17) is 44.3 Å². The lowest BCUT2D eigenvalue weighted by Crippen LogP contribution is -2.13. The van der Waals surface area contributed by atoms with Crippen molar-refractivity contribution in [2.45, 2.75) is 20.5 Å². The highest BCUT2D eigenvalue weighted by atomic mass is 79.9. The Morgan fingerprint density at radius 1 is 1.03 bits per heavy atom. The summed E-state index contributed by atoms with van der Waals surface area (Å²) in [6, 6.07) is 15.8. The largest absolute Gasteiger partial charge is 0.490 e. The van der Waals surface area contributed by atoms with Gasteiger partial charge in [-0.2, -0.15) is 5.26 Å². The molecule has 3 aromatic carbocycles. The predicted octanol–water partition coefficient (Wildman–Crippen LogP) is 8.24. The van der Waals surface area contributed by atoms with Crippen LogP contribution in [-0.2, 0) is 11.4 Å². The van der Waals surface area contributed by atoms with Gasteiger partial charge in [-0.1, -0.05) is 62.9 Å². The van der Waals surface area contributed by atoms with Gasteiger partial charge in [0.1, 0.15) is 18.2 Å². The highest BCUT2D eigenvalue weighted by Gasteiger charge is 2.15. The number of nitrogens with zero attached hydrogens (tertiary/aromatic N) is 1. The molecule has 0 unspecified atom stereocenters. The molecule has 1 N–H and O–H groups in total. The number of hydrogen-bond donors (Lipinski definition) is 1. The Balaban J connectivity index is 1.85. The molecule has 0 radical (unpaired) electrons. The maximum Gasteiger partial charge on any atom is 0.266 e. The number of nitrogens with one attached hydrogen (secondary N) is 1. The number of amides is 1. The van der Waals surface area contributed by atoms with Gasteiger partial charge < -0.3 is 14.8 Å². The van der Waals surface area contributed by atoms with Gasteiger partial charge in [-0.05, 0) is 73.0 Å². The number of carbonyl (C=O) groups is 1. The minimum absolute atomic E-state index is 0.0886. The number of ether oxygens (including phenoxy) is 2. The lowest BCUT2D eigenvalue weighted by Gasteiger charge is -2.14. The van der Waals surface area contributed by atoms with Crippen LogP contribution in [0.4, 0.5) is 5.69 Å². The third kappa shape index (κ3) is 7.16. The fraction of sp³-hybridized carbons (Fsp3) is 0.154. The number of nitriles is 1. The number of benzene rings is 3. The molecule has 0 aliphatic carbocycles. The molecule has 0 atom stereocenters. The van der Waals surface area contributed by atoms with E-state index in [-0.39, 0.29) is 12.2 Å². The molecule has 180 valence electrons. The van der Waals surface area contributed by atoms with Crippen LogP contribution in [0, 0.1) is 18.3 Å². The molecular formula is C26H20BrCl3N2O3. The van der Waals surface area contributed by atoms with Crippen LogP contribution in [0.3, 0.4) is 0 Å². The van der Waals surface area contributed by atoms with E-state index < -0.39 is 5.91 Å². The Kier molecular flexibility index (Phi) is 9.47. The summed E-state index contributed by atoms with van der Waals surface area (Å²) in [5.41, 5.74) is 2.70. The van der Waals surface area contributed by atoms with Gasteiger partial charge in [0.2, 0.25) is 0 Å². The van der Waals surface area contributed by atoms with Crippen LogP contribution in [0.25, 0.3) is 6.08 Å². The summed E-state index contributed by atoms with van der Waals surface area (Å²) < 4.78 is 12.3. The van der Waals surface area contributed by atoms with E-state index in [1.807, 2.05) is 26.0 Å². The Morgan fingerprint density at radius 2 is 1.77 bits per heavy atom. The zero-order valence-electron chi connectivity index (χ0n) is 18.8. The van der Waals surface area contributed by atoms with Gasteiger partial charge in [-0.15, -0.1) is 0 Å². The van der Waals surface area contributed by atoms with Crippen LogP contribution >= 0.6 is 50.7 Å². The van der Waals surface area contributed by atoms with Gasteiger partial charge in [0.15, 0.2) is 11.5 Å². The van der Waals surface area contributed by atoms with Crippen molar-refractivity contribution < 1.29 is 14.3 Å². The molecule has 3 aromatic rings. The monoisotopic (exact) mass is 592 g/mol. The highest BCUT2D eigenvalue weighted by Crippen LogP contribution is 2.36. The molecule has 1 amide bonds. The van der Waals surface area contributed by atoms with Crippen LogP contribution in [0.1, 0.15) is 23.6 Å². The second kappa shape index (κ2) is 12.3. The predicted molar refractivity (Wildman–Crippen MR) is 145 cm³/mol. The number of anilines is 1. The van der Waals surface area contributed by atoms with Gasteiger partial charge >= 0.3 is 0 Å². The topological polar surface area (TPSA) is 71.3 Å². The van der Waals surface area contributed by atoms with Gasteiger partial charge in [0.05, 0.1) is 16.7 Å². The summed E-state index contributed by atoms with van der Waals surface area (Å²) >= 11 is 21.7. The Morgan fingerprint density at radius 3 is 2.43 bits per heavy atom. The number of rotatable bonds is 8. The van der Waals surface area contributed by atoms with Crippen molar-refractivity contribution in [3.63, 3.8) is 0 Å². The summed E-state index contributed by atoms with van der Waals surface area (Å²) in [6.07, 6.45) is 1.47. The van der Waals surface area contributed by atoms with E-state index in [0.717, 1.165) is 11.1 Å². The van der Waals surface area contributed by atoms with E-state index in [1.165, 1.54) is 6.08 Å². The second-order valence-corrected chi connectivity index (χ2v) is 9.45.